The SMILES string of the molecule is Cl.FC(F)(F)c1cccc(Cl)c1[C@@H]1CCCCN1. The van der Waals surface area contributed by atoms with E-state index in [2.05, 4.69) is 5.32 Å². The Labute approximate surface area is 115 Å². The van der Waals surface area contributed by atoms with E-state index in [9.17, 15) is 13.2 Å². The van der Waals surface area contributed by atoms with E-state index >= 15 is 0 Å². The summed E-state index contributed by atoms with van der Waals surface area (Å²) in [4.78, 5) is 0. The zero-order valence-electron chi connectivity index (χ0n) is 9.56. The van der Waals surface area contributed by atoms with Gasteiger partial charge in [0.15, 0.2) is 0 Å². The number of nitrogens with one attached hydrogen (secondary N) is 1. The Morgan fingerprint density at radius 1 is 1.22 bits per heavy atom. The number of rotatable bonds is 1. The van der Waals surface area contributed by atoms with Gasteiger partial charge in [0.2, 0.25) is 0 Å². The van der Waals surface area contributed by atoms with E-state index in [-0.39, 0.29) is 29.0 Å². The van der Waals surface area contributed by atoms with Crippen molar-refractivity contribution in [2.75, 3.05) is 6.54 Å². The van der Waals surface area contributed by atoms with Gasteiger partial charge >= 0.3 is 6.18 Å². The number of halogens is 5. The molecule has 0 unspecified atom stereocenters. The predicted molar refractivity (Wildman–Crippen MR) is 68.3 cm³/mol. The lowest BCUT2D eigenvalue weighted by atomic mass is 9.93. The summed E-state index contributed by atoms with van der Waals surface area (Å²) in [6.07, 6.45) is -1.71. The summed E-state index contributed by atoms with van der Waals surface area (Å²) < 4.78 is 38.7. The van der Waals surface area contributed by atoms with Crippen molar-refractivity contribution in [3.05, 3.63) is 34.3 Å². The van der Waals surface area contributed by atoms with Crippen molar-refractivity contribution < 1.29 is 13.2 Å². The van der Waals surface area contributed by atoms with Gasteiger partial charge < -0.3 is 5.32 Å². The second-order valence-corrected chi connectivity index (χ2v) is 4.61. The molecule has 0 aromatic heterocycles. The minimum Gasteiger partial charge on any atom is -0.310 e. The minimum absolute atomic E-state index is 0. The van der Waals surface area contributed by atoms with Crippen LogP contribution >= 0.6 is 24.0 Å². The number of alkyl halides is 3. The van der Waals surface area contributed by atoms with Gasteiger partial charge in [0.05, 0.1) is 5.56 Å². The molecule has 1 aromatic carbocycles. The van der Waals surface area contributed by atoms with Crippen LogP contribution in [0, 0.1) is 0 Å². The van der Waals surface area contributed by atoms with Crippen LogP contribution in [0.1, 0.15) is 36.4 Å². The Morgan fingerprint density at radius 2 is 1.94 bits per heavy atom. The lowest BCUT2D eigenvalue weighted by Crippen LogP contribution is -2.29. The van der Waals surface area contributed by atoms with E-state index in [0.29, 0.717) is 6.42 Å². The first-order valence-electron chi connectivity index (χ1n) is 5.59. The van der Waals surface area contributed by atoms with E-state index in [1.54, 1.807) is 0 Å². The fraction of sp³-hybridized carbons (Fsp3) is 0.500. The molecule has 1 aliphatic rings. The molecule has 18 heavy (non-hydrogen) atoms. The van der Waals surface area contributed by atoms with Crippen molar-refractivity contribution in [3.8, 4) is 0 Å². The quantitative estimate of drug-likeness (QED) is 0.799. The maximum Gasteiger partial charge on any atom is 0.416 e. The van der Waals surface area contributed by atoms with Crippen LogP contribution in [0.25, 0.3) is 0 Å². The summed E-state index contributed by atoms with van der Waals surface area (Å²) in [5.74, 6) is 0. The summed E-state index contributed by atoms with van der Waals surface area (Å²) in [5.41, 5.74) is -0.425. The molecular formula is C12H14Cl2F3N. The van der Waals surface area contributed by atoms with Gasteiger partial charge in [0, 0.05) is 11.1 Å². The smallest absolute Gasteiger partial charge is 0.310 e. The van der Waals surface area contributed by atoms with Crippen LogP contribution in [0.5, 0.6) is 0 Å². The van der Waals surface area contributed by atoms with E-state index in [1.807, 2.05) is 0 Å². The highest BCUT2D eigenvalue weighted by molar-refractivity contribution is 6.31. The first-order valence-corrected chi connectivity index (χ1v) is 5.97. The minimum atomic E-state index is -4.35. The Morgan fingerprint density at radius 3 is 2.50 bits per heavy atom. The standard InChI is InChI=1S/C12H13ClF3N.ClH/c13-9-5-3-4-8(12(14,15)16)11(9)10-6-1-2-7-17-10;/h3-5,10,17H,1-2,6-7H2;1H/t10-;/m0./s1. The van der Waals surface area contributed by atoms with Gasteiger partial charge in [-0.05, 0) is 37.1 Å². The lowest BCUT2D eigenvalue weighted by Gasteiger charge is -2.27. The average Bonchev–Trinajstić information content (AvgIpc) is 2.28. The largest absolute Gasteiger partial charge is 0.416 e. The van der Waals surface area contributed by atoms with Crippen LogP contribution in [0.15, 0.2) is 18.2 Å². The van der Waals surface area contributed by atoms with Gasteiger partial charge in [-0.1, -0.05) is 24.1 Å². The third-order valence-electron chi connectivity index (χ3n) is 3.02. The van der Waals surface area contributed by atoms with Crippen molar-refractivity contribution in [1.29, 1.82) is 0 Å². The molecule has 0 aliphatic carbocycles. The molecule has 6 heteroatoms. The Balaban J connectivity index is 0.00000162. The molecule has 1 nitrogen and oxygen atoms in total. The van der Waals surface area contributed by atoms with Gasteiger partial charge in [0.1, 0.15) is 0 Å². The zero-order chi connectivity index (χ0) is 12.5. The topological polar surface area (TPSA) is 12.0 Å². The summed E-state index contributed by atoms with van der Waals surface area (Å²) in [6, 6.07) is 3.67. The number of piperidine rings is 1. The Bertz CT molecular complexity index is 401. The summed E-state index contributed by atoms with van der Waals surface area (Å²) in [7, 11) is 0. The van der Waals surface area contributed by atoms with E-state index < -0.39 is 11.7 Å². The fourth-order valence-corrected chi connectivity index (χ4v) is 2.54. The molecule has 0 amide bonds. The first kappa shape index (κ1) is 15.6. The highest BCUT2D eigenvalue weighted by Gasteiger charge is 2.36. The Hall–Kier alpha value is -0.450. The van der Waals surface area contributed by atoms with Gasteiger partial charge in [0.25, 0.3) is 0 Å². The summed E-state index contributed by atoms with van der Waals surface area (Å²) in [5, 5.41) is 3.30. The predicted octanol–water partition coefficient (Wildman–Crippen LogP) is 4.60. The molecule has 0 radical (unpaired) electrons. The van der Waals surface area contributed by atoms with Gasteiger partial charge in [-0.15, -0.1) is 12.4 Å². The van der Waals surface area contributed by atoms with Crippen LogP contribution < -0.4 is 5.32 Å². The monoisotopic (exact) mass is 299 g/mol. The number of hydrogen-bond acceptors (Lipinski definition) is 1. The second-order valence-electron chi connectivity index (χ2n) is 4.20. The van der Waals surface area contributed by atoms with Crippen LogP contribution in [-0.4, -0.2) is 6.54 Å². The third-order valence-corrected chi connectivity index (χ3v) is 3.35. The fourth-order valence-electron chi connectivity index (χ4n) is 2.24. The molecule has 1 saturated heterocycles. The molecule has 1 heterocycles. The molecule has 1 fully saturated rings. The van der Waals surface area contributed by atoms with Gasteiger partial charge in [-0.2, -0.15) is 13.2 Å². The highest BCUT2D eigenvalue weighted by Crippen LogP contribution is 2.39. The van der Waals surface area contributed by atoms with E-state index in [1.165, 1.54) is 12.1 Å². The molecule has 2 rings (SSSR count). The van der Waals surface area contributed by atoms with Crippen molar-refractivity contribution in [3.63, 3.8) is 0 Å². The summed E-state index contributed by atoms with van der Waals surface area (Å²) >= 11 is 5.93. The van der Waals surface area contributed by atoms with Crippen molar-refractivity contribution in [2.24, 2.45) is 0 Å². The van der Waals surface area contributed by atoms with E-state index in [0.717, 1.165) is 25.5 Å². The maximum atomic E-state index is 12.9. The van der Waals surface area contributed by atoms with Gasteiger partial charge in [-0.25, -0.2) is 0 Å². The third kappa shape index (κ3) is 3.31. The molecule has 1 N–H and O–H groups in total. The number of hydrogen-bond donors (Lipinski definition) is 1. The molecule has 1 aliphatic heterocycles. The van der Waals surface area contributed by atoms with Crippen LogP contribution in [-0.2, 0) is 6.18 Å². The maximum absolute atomic E-state index is 12.9. The molecular weight excluding hydrogens is 286 g/mol. The van der Waals surface area contributed by atoms with Crippen molar-refractivity contribution in [2.45, 2.75) is 31.5 Å². The second kappa shape index (κ2) is 6.13. The van der Waals surface area contributed by atoms with Crippen LogP contribution in [0.2, 0.25) is 5.02 Å². The van der Waals surface area contributed by atoms with Crippen molar-refractivity contribution in [1.82, 2.24) is 5.32 Å². The molecule has 0 bridgehead atoms. The average molecular weight is 300 g/mol. The molecule has 0 spiro atoms. The highest BCUT2D eigenvalue weighted by atomic mass is 35.5. The van der Waals surface area contributed by atoms with E-state index in [4.69, 9.17) is 11.6 Å². The zero-order valence-corrected chi connectivity index (χ0v) is 11.1. The lowest BCUT2D eigenvalue weighted by molar-refractivity contribution is -0.138. The first-order chi connectivity index (χ1) is 8.00. The van der Waals surface area contributed by atoms with Gasteiger partial charge in [-0.3, -0.25) is 0 Å². The normalized spacial score (nSPS) is 20.3. The Kier molecular flexibility index (Phi) is 5.32. The summed E-state index contributed by atoms with van der Waals surface area (Å²) in [6.45, 7) is 0.743. The molecule has 1 aromatic rings. The molecule has 1 atom stereocenters. The van der Waals surface area contributed by atoms with Crippen LogP contribution in [0.3, 0.4) is 0 Å². The molecule has 0 saturated carbocycles. The molecule has 102 valence electrons. The number of benzene rings is 1. The van der Waals surface area contributed by atoms with Crippen molar-refractivity contribution >= 4 is 24.0 Å². The van der Waals surface area contributed by atoms with Crippen LogP contribution in [0.4, 0.5) is 13.2 Å².